The van der Waals surface area contributed by atoms with Gasteiger partial charge in [-0.2, -0.15) is 0 Å². The standard InChI is InChI=1S/C30H39N5O7/c1-16(2)12-22(31)27(38)33-24(13-18-8-10-20(37)11-9-18)28(39)35-26(17(3)36)29(40)34-25(30(41)42)14-19-15-32-23-7-5-4-6-21(19)23/h4-11,15-17,22,24-26,32,36-37H,12-14,31H2,1-3H3,(H,33,38)(H,34,40)(H,35,39)(H,41,42). The first-order valence-electron chi connectivity index (χ1n) is 13.8. The lowest BCUT2D eigenvalue weighted by molar-refractivity contribution is -0.143. The number of amides is 3. The normalized spacial score (nSPS) is 14.9. The van der Waals surface area contributed by atoms with E-state index in [2.05, 4.69) is 20.9 Å². The number of aliphatic carboxylic acids is 1. The van der Waals surface area contributed by atoms with Gasteiger partial charge in [0.25, 0.3) is 0 Å². The number of phenolic OH excluding ortho intramolecular Hbond substituents is 1. The summed E-state index contributed by atoms with van der Waals surface area (Å²) in [5.41, 5.74) is 8.10. The van der Waals surface area contributed by atoms with Gasteiger partial charge in [-0.15, -0.1) is 0 Å². The van der Waals surface area contributed by atoms with Gasteiger partial charge in [-0.3, -0.25) is 14.4 Å². The predicted octanol–water partition coefficient (Wildman–Crippen LogP) is 0.952. The molecule has 42 heavy (non-hydrogen) atoms. The molecule has 0 bridgehead atoms. The third-order valence-electron chi connectivity index (χ3n) is 6.85. The van der Waals surface area contributed by atoms with Crippen LogP contribution in [0.2, 0.25) is 0 Å². The van der Waals surface area contributed by atoms with Crippen LogP contribution >= 0.6 is 0 Å². The number of fused-ring (bicyclic) bond motifs is 1. The first kappa shape index (κ1) is 32.1. The Balaban J connectivity index is 1.77. The van der Waals surface area contributed by atoms with Crippen molar-refractivity contribution in [3.8, 4) is 5.75 Å². The number of aromatic nitrogens is 1. The Labute approximate surface area is 243 Å². The van der Waals surface area contributed by atoms with Gasteiger partial charge in [0, 0.05) is 29.9 Å². The second kappa shape index (κ2) is 14.5. The fourth-order valence-corrected chi connectivity index (χ4v) is 4.61. The third-order valence-corrected chi connectivity index (χ3v) is 6.85. The Bertz CT molecular complexity index is 1390. The minimum atomic E-state index is -1.52. The van der Waals surface area contributed by atoms with E-state index >= 15 is 0 Å². The van der Waals surface area contributed by atoms with Gasteiger partial charge in [-0.25, -0.2) is 4.79 Å². The molecule has 0 aliphatic rings. The number of hydrogen-bond donors (Lipinski definition) is 8. The molecule has 0 saturated heterocycles. The molecule has 226 valence electrons. The number of aromatic hydroxyl groups is 1. The van der Waals surface area contributed by atoms with E-state index < -0.39 is 54.0 Å². The lowest BCUT2D eigenvalue weighted by Gasteiger charge is -2.27. The highest BCUT2D eigenvalue weighted by atomic mass is 16.4. The minimum absolute atomic E-state index is 0.00127. The lowest BCUT2D eigenvalue weighted by Crippen LogP contribution is -2.60. The van der Waals surface area contributed by atoms with Crippen LogP contribution in [0, 0.1) is 5.92 Å². The molecule has 0 spiro atoms. The number of nitrogens with two attached hydrogens (primary N) is 1. The number of benzene rings is 2. The SMILES string of the molecule is CC(C)CC(N)C(=O)NC(Cc1ccc(O)cc1)C(=O)NC(C(=O)NC(Cc1c[nH]c2ccccc12)C(=O)O)C(C)O. The van der Waals surface area contributed by atoms with E-state index in [9.17, 15) is 34.5 Å². The Morgan fingerprint density at radius 1 is 0.857 bits per heavy atom. The zero-order valence-corrected chi connectivity index (χ0v) is 23.8. The molecule has 0 saturated carbocycles. The van der Waals surface area contributed by atoms with Crippen LogP contribution < -0.4 is 21.7 Å². The van der Waals surface area contributed by atoms with Crippen molar-refractivity contribution in [2.24, 2.45) is 11.7 Å². The number of para-hydroxylation sites is 1. The van der Waals surface area contributed by atoms with Crippen molar-refractivity contribution in [2.75, 3.05) is 0 Å². The van der Waals surface area contributed by atoms with Crippen LogP contribution in [-0.2, 0) is 32.0 Å². The van der Waals surface area contributed by atoms with Crippen molar-refractivity contribution in [3.63, 3.8) is 0 Å². The third kappa shape index (κ3) is 8.79. The van der Waals surface area contributed by atoms with E-state index in [0.29, 0.717) is 17.5 Å². The molecule has 1 heterocycles. The number of hydrogen-bond acceptors (Lipinski definition) is 7. The van der Waals surface area contributed by atoms with E-state index in [1.807, 2.05) is 38.1 Å². The van der Waals surface area contributed by atoms with Gasteiger partial charge in [0.1, 0.15) is 23.9 Å². The highest BCUT2D eigenvalue weighted by Gasteiger charge is 2.33. The summed E-state index contributed by atoms with van der Waals surface area (Å²) >= 11 is 0. The van der Waals surface area contributed by atoms with Crippen LogP contribution in [0.25, 0.3) is 10.9 Å². The predicted molar refractivity (Wildman–Crippen MR) is 156 cm³/mol. The highest BCUT2D eigenvalue weighted by molar-refractivity contribution is 5.94. The molecule has 5 atom stereocenters. The summed E-state index contributed by atoms with van der Waals surface area (Å²) in [6, 6.07) is 8.42. The second-order valence-corrected chi connectivity index (χ2v) is 10.9. The van der Waals surface area contributed by atoms with Gasteiger partial charge in [-0.05, 0) is 48.6 Å². The average Bonchev–Trinajstić information content (AvgIpc) is 3.34. The smallest absolute Gasteiger partial charge is 0.326 e. The molecule has 12 nitrogen and oxygen atoms in total. The largest absolute Gasteiger partial charge is 0.508 e. The van der Waals surface area contributed by atoms with Crippen molar-refractivity contribution < 1.29 is 34.5 Å². The van der Waals surface area contributed by atoms with Gasteiger partial charge in [0.2, 0.25) is 17.7 Å². The highest BCUT2D eigenvalue weighted by Crippen LogP contribution is 2.19. The van der Waals surface area contributed by atoms with Crippen LogP contribution in [0.5, 0.6) is 5.75 Å². The Kier molecular flexibility index (Phi) is 11.1. The number of nitrogens with one attached hydrogen (secondary N) is 4. The van der Waals surface area contributed by atoms with E-state index in [4.69, 9.17) is 5.73 Å². The van der Waals surface area contributed by atoms with Crippen molar-refractivity contribution >= 4 is 34.6 Å². The zero-order valence-electron chi connectivity index (χ0n) is 23.8. The summed E-state index contributed by atoms with van der Waals surface area (Å²) in [7, 11) is 0. The molecule has 2 aromatic carbocycles. The summed E-state index contributed by atoms with van der Waals surface area (Å²) in [6.45, 7) is 5.09. The molecular formula is C30H39N5O7. The number of aliphatic hydroxyl groups excluding tert-OH is 1. The first-order valence-corrected chi connectivity index (χ1v) is 13.8. The topological polar surface area (TPSA) is 207 Å². The Hall–Kier alpha value is -4.42. The second-order valence-electron chi connectivity index (χ2n) is 10.9. The van der Waals surface area contributed by atoms with Gasteiger partial charge in [0.05, 0.1) is 12.1 Å². The number of carboxylic acids is 1. The molecule has 0 radical (unpaired) electrons. The van der Waals surface area contributed by atoms with Crippen LogP contribution in [0.4, 0.5) is 0 Å². The number of rotatable bonds is 14. The van der Waals surface area contributed by atoms with Crippen LogP contribution in [0.15, 0.2) is 54.7 Å². The Morgan fingerprint density at radius 3 is 2.12 bits per heavy atom. The molecular weight excluding hydrogens is 542 g/mol. The fourth-order valence-electron chi connectivity index (χ4n) is 4.61. The van der Waals surface area contributed by atoms with E-state index in [1.165, 1.54) is 19.1 Å². The molecule has 3 amide bonds. The molecule has 0 aliphatic heterocycles. The van der Waals surface area contributed by atoms with E-state index in [1.54, 1.807) is 18.3 Å². The Morgan fingerprint density at radius 2 is 1.50 bits per heavy atom. The molecule has 1 aromatic heterocycles. The van der Waals surface area contributed by atoms with Crippen LogP contribution in [-0.4, -0.2) is 74.3 Å². The van der Waals surface area contributed by atoms with Crippen molar-refractivity contribution in [3.05, 3.63) is 65.9 Å². The number of carbonyl (C=O) groups excluding carboxylic acids is 3. The molecule has 0 aliphatic carbocycles. The van der Waals surface area contributed by atoms with Crippen molar-refractivity contribution in [2.45, 2.75) is 70.3 Å². The number of aromatic amines is 1. The summed E-state index contributed by atoms with van der Waals surface area (Å²) in [5, 5.41) is 38.1. The quantitative estimate of drug-likeness (QED) is 0.137. The van der Waals surface area contributed by atoms with Gasteiger partial charge >= 0.3 is 5.97 Å². The monoisotopic (exact) mass is 581 g/mol. The number of aliphatic hydroxyl groups is 1. The molecule has 12 heteroatoms. The van der Waals surface area contributed by atoms with Gasteiger partial charge in [0.15, 0.2) is 0 Å². The van der Waals surface area contributed by atoms with Crippen LogP contribution in [0.3, 0.4) is 0 Å². The summed E-state index contributed by atoms with van der Waals surface area (Å²) < 4.78 is 0. The van der Waals surface area contributed by atoms with Gasteiger partial charge in [-0.1, -0.05) is 44.2 Å². The molecule has 3 aromatic rings. The van der Waals surface area contributed by atoms with Crippen molar-refractivity contribution in [1.29, 1.82) is 0 Å². The molecule has 9 N–H and O–H groups in total. The maximum Gasteiger partial charge on any atom is 0.326 e. The number of phenols is 1. The molecule has 3 rings (SSSR count). The maximum atomic E-state index is 13.4. The number of H-pyrrole nitrogens is 1. The fraction of sp³-hybridized carbons (Fsp3) is 0.400. The molecule has 5 unspecified atom stereocenters. The van der Waals surface area contributed by atoms with E-state index in [-0.39, 0.29) is 24.5 Å². The van der Waals surface area contributed by atoms with Gasteiger partial charge < -0.3 is 42.0 Å². The summed E-state index contributed by atoms with van der Waals surface area (Å²) in [5.74, 6) is -3.39. The van der Waals surface area contributed by atoms with E-state index in [0.717, 1.165) is 10.9 Å². The lowest BCUT2D eigenvalue weighted by atomic mass is 10.0. The average molecular weight is 582 g/mol. The first-order chi connectivity index (χ1) is 19.8. The number of carbonyl (C=O) groups is 4. The van der Waals surface area contributed by atoms with Crippen LogP contribution in [0.1, 0.15) is 38.3 Å². The molecule has 0 fully saturated rings. The zero-order chi connectivity index (χ0) is 31.0. The minimum Gasteiger partial charge on any atom is -0.508 e. The summed E-state index contributed by atoms with van der Waals surface area (Å²) in [6.07, 6.45) is 0.605. The number of carboxylic acid groups (broad SMARTS) is 1. The van der Waals surface area contributed by atoms with Crippen molar-refractivity contribution in [1.82, 2.24) is 20.9 Å². The maximum absolute atomic E-state index is 13.4. The summed E-state index contributed by atoms with van der Waals surface area (Å²) in [4.78, 5) is 54.5.